The molecule has 0 spiro atoms. The normalized spacial score (nSPS) is 11.5. The lowest BCUT2D eigenvalue weighted by Gasteiger charge is -2.13. The molecule has 8 nitrogen and oxygen atoms in total. The van der Waals surface area contributed by atoms with Gasteiger partial charge in [0, 0.05) is 37.2 Å². The molecule has 0 saturated heterocycles. The summed E-state index contributed by atoms with van der Waals surface area (Å²) in [6.07, 6.45) is 3.49. The maximum absolute atomic E-state index is 12.2. The molecule has 0 saturated carbocycles. The molecule has 3 amide bonds. The zero-order valence-corrected chi connectivity index (χ0v) is 16.3. The number of hydrogen-bond donors (Lipinski definition) is 3. The minimum Gasteiger partial charge on any atom is -0.355 e. The Balaban J connectivity index is 1.85. The summed E-state index contributed by atoms with van der Waals surface area (Å²) in [6.45, 7) is 3.94. The fourth-order valence-electron chi connectivity index (χ4n) is 2.20. The number of imidazole rings is 1. The Morgan fingerprint density at radius 2 is 1.93 bits per heavy atom. The van der Waals surface area contributed by atoms with Crippen molar-refractivity contribution < 1.29 is 14.4 Å². The molecular formula is C18H23N5O3S. The van der Waals surface area contributed by atoms with Gasteiger partial charge < -0.3 is 20.5 Å². The molecule has 0 fully saturated rings. The van der Waals surface area contributed by atoms with E-state index in [4.69, 9.17) is 0 Å². The van der Waals surface area contributed by atoms with Gasteiger partial charge in [-0.3, -0.25) is 14.4 Å². The number of hydrogen-bond acceptors (Lipinski definition) is 5. The van der Waals surface area contributed by atoms with Crippen molar-refractivity contribution in [3.8, 4) is 0 Å². The van der Waals surface area contributed by atoms with Crippen molar-refractivity contribution >= 4 is 35.2 Å². The van der Waals surface area contributed by atoms with Crippen molar-refractivity contribution in [1.82, 2.24) is 20.2 Å². The standard InChI is InChI=1S/C18H23N5O3S/c1-4-19-16(25)12(2)21-17(26)13-5-7-14(8-6-13)22-15(24)11-27-18-20-9-10-23(18)3/h5-10,12H,4,11H2,1-3H3,(H,19,25)(H,21,26)(H,22,24). The second kappa shape index (κ2) is 9.77. The van der Waals surface area contributed by atoms with E-state index in [1.54, 1.807) is 37.4 Å². The van der Waals surface area contributed by atoms with E-state index in [0.29, 0.717) is 17.8 Å². The molecule has 2 rings (SSSR count). The van der Waals surface area contributed by atoms with E-state index in [1.807, 2.05) is 24.7 Å². The van der Waals surface area contributed by atoms with Crippen LogP contribution in [0.15, 0.2) is 41.8 Å². The third kappa shape index (κ3) is 6.14. The summed E-state index contributed by atoms with van der Waals surface area (Å²) in [7, 11) is 1.86. The summed E-state index contributed by atoms with van der Waals surface area (Å²) in [5, 5.41) is 8.82. The zero-order chi connectivity index (χ0) is 19.8. The first kappa shape index (κ1) is 20.5. The van der Waals surface area contributed by atoms with Gasteiger partial charge in [-0.15, -0.1) is 0 Å². The lowest BCUT2D eigenvalue weighted by Crippen LogP contribution is -2.44. The minimum absolute atomic E-state index is 0.162. The lowest BCUT2D eigenvalue weighted by atomic mass is 10.1. The van der Waals surface area contributed by atoms with E-state index in [-0.39, 0.29) is 23.5 Å². The number of rotatable bonds is 8. The van der Waals surface area contributed by atoms with Crippen LogP contribution in [0.4, 0.5) is 5.69 Å². The van der Waals surface area contributed by atoms with E-state index in [2.05, 4.69) is 20.9 Å². The topological polar surface area (TPSA) is 105 Å². The summed E-state index contributed by atoms with van der Waals surface area (Å²) < 4.78 is 1.84. The fourth-order valence-corrected chi connectivity index (χ4v) is 2.93. The minimum atomic E-state index is -0.625. The van der Waals surface area contributed by atoms with Gasteiger partial charge in [0.2, 0.25) is 11.8 Å². The number of aromatic nitrogens is 2. The second-order valence-electron chi connectivity index (χ2n) is 5.82. The molecule has 0 radical (unpaired) electrons. The molecule has 1 aromatic carbocycles. The molecule has 1 aromatic heterocycles. The number of anilines is 1. The molecule has 2 aromatic rings. The average molecular weight is 389 g/mol. The van der Waals surface area contributed by atoms with Crippen LogP contribution in [-0.2, 0) is 16.6 Å². The van der Waals surface area contributed by atoms with Crippen LogP contribution >= 0.6 is 11.8 Å². The summed E-state index contributed by atoms with van der Waals surface area (Å²) in [5.41, 5.74) is 1.00. The number of thioether (sulfide) groups is 1. The van der Waals surface area contributed by atoms with Crippen LogP contribution in [0, 0.1) is 0 Å². The van der Waals surface area contributed by atoms with Gasteiger partial charge in [-0.05, 0) is 38.1 Å². The van der Waals surface area contributed by atoms with Crippen LogP contribution in [0.3, 0.4) is 0 Å². The number of likely N-dealkylation sites (N-methyl/N-ethyl adjacent to an activating group) is 1. The third-order valence-corrected chi connectivity index (χ3v) is 4.69. The highest BCUT2D eigenvalue weighted by atomic mass is 32.2. The van der Waals surface area contributed by atoms with Crippen LogP contribution in [-0.4, -0.2) is 45.6 Å². The highest BCUT2D eigenvalue weighted by Gasteiger charge is 2.16. The van der Waals surface area contributed by atoms with Crippen LogP contribution in [0.2, 0.25) is 0 Å². The molecule has 0 aliphatic rings. The molecule has 0 aliphatic carbocycles. The Morgan fingerprint density at radius 3 is 2.52 bits per heavy atom. The van der Waals surface area contributed by atoms with Crippen molar-refractivity contribution in [2.24, 2.45) is 7.05 Å². The van der Waals surface area contributed by atoms with Gasteiger partial charge in [-0.1, -0.05) is 11.8 Å². The number of aryl methyl sites for hydroxylation is 1. The summed E-state index contributed by atoms with van der Waals surface area (Å²) in [4.78, 5) is 40.0. The summed E-state index contributed by atoms with van der Waals surface area (Å²) in [6, 6.07) is 5.87. The van der Waals surface area contributed by atoms with Crippen molar-refractivity contribution in [3.63, 3.8) is 0 Å². The maximum atomic E-state index is 12.2. The number of nitrogens with zero attached hydrogens (tertiary/aromatic N) is 2. The van der Waals surface area contributed by atoms with Gasteiger partial charge in [-0.2, -0.15) is 0 Å². The molecule has 0 aliphatic heterocycles. The monoisotopic (exact) mass is 389 g/mol. The van der Waals surface area contributed by atoms with E-state index in [9.17, 15) is 14.4 Å². The molecular weight excluding hydrogens is 366 g/mol. The number of carbonyl (C=O) groups is 3. The average Bonchev–Trinajstić information content (AvgIpc) is 3.05. The first-order valence-electron chi connectivity index (χ1n) is 8.49. The second-order valence-corrected chi connectivity index (χ2v) is 6.77. The Morgan fingerprint density at radius 1 is 1.22 bits per heavy atom. The van der Waals surface area contributed by atoms with E-state index in [0.717, 1.165) is 5.16 Å². The SMILES string of the molecule is CCNC(=O)C(C)NC(=O)c1ccc(NC(=O)CSc2nccn2C)cc1. The molecule has 0 bridgehead atoms. The van der Waals surface area contributed by atoms with Gasteiger partial charge in [0.1, 0.15) is 6.04 Å². The smallest absolute Gasteiger partial charge is 0.251 e. The van der Waals surface area contributed by atoms with Crippen molar-refractivity contribution in [2.45, 2.75) is 25.0 Å². The molecule has 9 heteroatoms. The number of carbonyl (C=O) groups excluding carboxylic acids is 3. The fraction of sp³-hybridized carbons (Fsp3) is 0.333. The predicted octanol–water partition coefficient (Wildman–Crippen LogP) is 1.41. The first-order chi connectivity index (χ1) is 12.9. The van der Waals surface area contributed by atoms with E-state index in [1.165, 1.54) is 11.8 Å². The summed E-state index contributed by atoms with van der Waals surface area (Å²) in [5.74, 6) is -0.515. The van der Waals surface area contributed by atoms with Crippen LogP contribution in [0.25, 0.3) is 0 Å². The quantitative estimate of drug-likeness (QED) is 0.592. The van der Waals surface area contributed by atoms with E-state index >= 15 is 0 Å². The van der Waals surface area contributed by atoms with Crippen LogP contribution in [0.5, 0.6) is 0 Å². The first-order valence-corrected chi connectivity index (χ1v) is 9.48. The highest BCUT2D eigenvalue weighted by Crippen LogP contribution is 2.15. The summed E-state index contributed by atoms with van der Waals surface area (Å²) >= 11 is 1.34. The zero-order valence-electron chi connectivity index (χ0n) is 15.5. The predicted molar refractivity (Wildman–Crippen MR) is 105 cm³/mol. The number of amides is 3. The molecule has 27 heavy (non-hydrogen) atoms. The highest BCUT2D eigenvalue weighted by molar-refractivity contribution is 7.99. The largest absolute Gasteiger partial charge is 0.355 e. The molecule has 1 unspecified atom stereocenters. The van der Waals surface area contributed by atoms with Crippen LogP contribution < -0.4 is 16.0 Å². The Labute approximate surface area is 162 Å². The molecule has 3 N–H and O–H groups in total. The van der Waals surface area contributed by atoms with Crippen molar-refractivity contribution in [2.75, 3.05) is 17.6 Å². The number of nitrogens with one attached hydrogen (secondary N) is 3. The van der Waals surface area contributed by atoms with Gasteiger partial charge in [-0.25, -0.2) is 4.98 Å². The lowest BCUT2D eigenvalue weighted by molar-refractivity contribution is -0.122. The maximum Gasteiger partial charge on any atom is 0.251 e. The van der Waals surface area contributed by atoms with Crippen molar-refractivity contribution in [3.05, 3.63) is 42.2 Å². The van der Waals surface area contributed by atoms with Crippen molar-refractivity contribution in [1.29, 1.82) is 0 Å². The number of benzene rings is 1. The molecule has 144 valence electrons. The Kier molecular flexibility index (Phi) is 7.42. The van der Waals surface area contributed by atoms with Gasteiger partial charge in [0.25, 0.3) is 5.91 Å². The van der Waals surface area contributed by atoms with Gasteiger partial charge in [0.05, 0.1) is 5.75 Å². The van der Waals surface area contributed by atoms with Gasteiger partial charge >= 0.3 is 0 Å². The van der Waals surface area contributed by atoms with Crippen LogP contribution in [0.1, 0.15) is 24.2 Å². The Hall–Kier alpha value is -2.81. The van der Waals surface area contributed by atoms with E-state index < -0.39 is 6.04 Å². The van der Waals surface area contributed by atoms with Gasteiger partial charge in [0.15, 0.2) is 5.16 Å². The molecule has 1 heterocycles. The Bertz CT molecular complexity index is 804. The molecule has 1 atom stereocenters. The third-order valence-electron chi connectivity index (χ3n) is 3.63.